The number of carbonyl (C=O) groups is 2. The van der Waals surface area contributed by atoms with Crippen molar-refractivity contribution in [2.24, 2.45) is 5.92 Å². The zero-order valence-electron chi connectivity index (χ0n) is 12.2. The van der Waals surface area contributed by atoms with E-state index in [0.29, 0.717) is 26.1 Å². The molecule has 3 atom stereocenters. The number of ketones is 1. The highest BCUT2D eigenvalue weighted by molar-refractivity contribution is 5.91. The van der Waals surface area contributed by atoms with Crippen LogP contribution >= 0.6 is 0 Å². The average Bonchev–Trinajstić information content (AvgIpc) is 2.37. The lowest BCUT2D eigenvalue weighted by Crippen LogP contribution is -2.46. The Hall–Kier alpha value is -0.740. The first-order valence-electron chi connectivity index (χ1n) is 6.70. The van der Waals surface area contributed by atoms with Gasteiger partial charge in [0.2, 0.25) is 0 Å². The molecule has 106 valence electrons. The second-order valence-electron chi connectivity index (χ2n) is 4.67. The van der Waals surface area contributed by atoms with Gasteiger partial charge in [0.1, 0.15) is 18.0 Å². The molecular weight excluding hydrogens is 232 g/mol. The predicted molar refractivity (Wildman–Crippen MR) is 70.6 cm³/mol. The number of carbonyl (C=O) groups excluding carboxylic acids is 2. The lowest BCUT2D eigenvalue weighted by molar-refractivity contribution is -0.155. The molecule has 0 aliphatic carbocycles. The molecule has 0 aromatic heterocycles. The fourth-order valence-electron chi connectivity index (χ4n) is 1.85. The van der Waals surface area contributed by atoms with Crippen LogP contribution in [0.3, 0.4) is 0 Å². The molecule has 0 heterocycles. The summed E-state index contributed by atoms with van der Waals surface area (Å²) in [5, 5.41) is 0. The van der Waals surface area contributed by atoms with Gasteiger partial charge in [-0.2, -0.15) is 0 Å². The first-order valence-corrected chi connectivity index (χ1v) is 6.70. The highest BCUT2D eigenvalue weighted by Crippen LogP contribution is 2.22. The van der Waals surface area contributed by atoms with Crippen LogP contribution in [0.5, 0.6) is 0 Å². The molecule has 3 unspecified atom stereocenters. The van der Waals surface area contributed by atoms with E-state index in [1.807, 2.05) is 20.8 Å². The number of hydrogen-bond acceptors (Lipinski definition) is 4. The lowest BCUT2D eigenvalue weighted by Gasteiger charge is -2.31. The Labute approximate surface area is 110 Å². The summed E-state index contributed by atoms with van der Waals surface area (Å²) < 4.78 is 11.0. The van der Waals surface area contributed by atoms with Gasteiger partial charge in [-0.1, -0.05) is 13.8 Å². The Morgan fingerprint density at radius 3 is 2.28 bits per heavy atom. The van der Waals surface area contributed by atoms with Crippen LogP contribution < -0.4 is 0 Å². The van der Waals surface area contributed by atoms with E-state index in [1.54, 1.807) is 13.8 Å². The number of rotatable bonds is 10. The fraction of sp³-hybridized carbons (Fsp3) is 0.857. The molecule has 18 heavy (non-hydrogen) atoms. The van der Waals surface area contributed by atoms with E-state index in [4.69, 9.17) is 9.47 Å². The Kier molecular flexibility index (Phi) is 8.03. The normalized spacial score (nSPS) is 17.8. The molecule has 0 aromatic carbocycles. The van der Waals surface area contributed by atoms with Gasteiger partial charge >= 0.3 is 0 Å². The molecule has 0 radical (unpaired) electrons. The fourth-order valence-corrected chi connectivity index (χ4v) is 1.85. The number of ether oxygens (including phenoxy) is 2. The molecule has 4 nitrogen and oxygen atoms in total. The number of hydrogen-bond donors (Lipinski definition) is 0. The topological polar surface area (TPSA) is 52.6 Å². The molecule has 0 saturated heterocycles. The Balaban J connectivity index is 4.86. The summed E-state index contributed by atoms with van der Waals surface area (Å²) >= 11 is 0. The zero-order valence-corrected chi connectivity index (χ0v) is 12.2. The molecule has 0 rings (SSSR count). The van der Waals surface area contributed by atoms with E-state index < -0.39 is 11.7 Å². The lowest BCUT2D eigenvalue weighted by atomic mass is 9.89. The van der Waals surface area contributed by atoms with Gasteiger partial charge < -0.3 is 14.3 Å². The standard InChI is InChI=1S/C14H26O4/c1-6-14(5,18-8-3)13(16)12(17-7-2)9-11(4)10-15/h10-12H,6-9H2,1-5H3. The first kappa shape index (κ1) is 17.3. The van der Waals surface area contributed by atoms with Crippen molar-refractivity contribution < 1.29 is 19.1 Å². The first-order chi connectivity index (χ1) is 8.45. The molecular formula is C14H26O4. The van der Waals surface area contributed by atoms with Gasteiger partial charge in [-0.05, 0) is 33.6 Å². The SMILES string of the molecule is CCOC(CC(C)C=O)C(=O)C(C)(CC)OCC. The van der Waals surface area contributed by atoms with Gasteiger partial charge in [0.25, 0.3) is 0 Å². The summed E-state index contributed by atoms with van der Waals surface area (Å²) in [4.78, 5) is 23.2. The molecule has 0 N–H and O–H groups in total. The van der Waals surface area contributed by atoms with Gasteiger partial charge in [-0.3, -0.25) is 4.79 Å². The predicted octanol–water partition coefficient (Wildman–Crippen LogP) is 2.39. The van der Waals surface area contributed by atoms with E-state index in [-0.39, 0.29) is 11.7 Å². The summed E-state index contributed by atoms with van der Waals surface area (Å²) in [6, 6.07) is 0. The van der Waals surface area contributed by atoms with E-state index in [1.165, 1.54) is 0 Å². The van der Waals surface area contributed by atoms with Crippen molar-refractivity contribution in [1.82, 2.24) is 0 Å². The average molecular weight is 258 g/mol. The second kappa shape index (κ2) is 8.38. The van der Waals surface area contributed by atoms with Crippen molar-refractivity contribution in [2.75, 3.05) is 13.2 Å². The minimum Gasteiger partial charge on any atom is -0.371 e. The summed E-state index contributed by atoms with van der Waals surface area (Å²) in [5.74, 6) is -0.254. The summed E-state index contributed by atoms with van der Waals surface area (Å²) in [5.41, 5.74) is -0.822. The highest BCUT2D eigenvalue weighted by Gasteiger charge is 2.38. The second-order valence-corrected chi connectivity index (χ2v) is 4.67. The molecule has 0 saturated carbocycles. The van der Waals surface area contributed by atoms with E-state index in [0.717, 1.165) is 6.29 Å². The van der Waals surface area contributed by atoms with Gasteiger partial charge in [0.15, 0.2) is 5.78 Å². The van der Waals surface area contributed by atoms with Crippen LogP contribution in [0.4, 0.5) is 0 Å². The molecule has 0 aliphatic rings. The van der Waals surface area contributed by atoms with Crippen LogP contribution in [-0.4, -0.2) is 37.0 Å². The monoisotopic (exact) mass is 258 g/mol. The molecule has 0 aliphatic heterocycles. The Morgan fingerprint density at radius 2 is 1.89 bits per heavy atom. The van der Waals surface area contributed by atoms with Crippen molar-refractivity contribution in [3.05, 3.63) is 0 Å². The maximum absolute atomic E-state index is 12.5. The van der Waals surface area contributed by atoms with E-state index in [2.05, 4.69) is 0 Å². The number of Topliss-reactive ketones (excluding diaryl/α,β-unsaturated/α-hetero) is 1. The zero-order chi connectivity index (χ0) is 14.2. The Bertz CT molecular complexity index is 265. The minimum absolute atomic E-state index is 0.0672. The molecule has 0 amide bonds. The van der Waals surface area contributed by atoms with E-state index >= 15 is 0 Å². The van der Waals surface area contributed by atoms with Crippen molar-refractivity contribution in [3.8, 4) is 0 Å². The Morgan fingerprint density at radius 1 is 1.28 bits per heavy atom. The third-order valence-electron chi connectivity index (χ3n) is 3.14. The van der Waals surface area contributed by atoms with E-state index in [9.17, 15) is 9.59 Å². The van der Waals surface area contributed by atoms with Crippen LogP contribution in [-0.2, 0) is 19.1 Å². The van der Waals surface area contributed by atoms with Crippen LogP contribution in [0.25, 0.3) is 0 Å². The maximum Gasteiger partial charge on any atom is 0.192 e. The minimum atomic E-state index is -0.822. The van der Waals surface area contributed by atoms with Crippen LogP contribution in [0, 0.1) is 5.92 Å². The van der Waals surface area contributed by atoms with Crippen molar-refractivity contribution >= 4 is 12.1 Å². The van der Waals surface area contributed by atoms with Gasteiger partial charge in [-0.15, -0.1) is 0 Å². The highest BCUT2D eigenvalue weighted by atomic mass is 16.5. The van der Waals surface area contributed by atoms with Crippen molar-refractivity contribution in [1.29, 1.82) is 0 Å². The molecule has 0 spiro atoms. The van der Waals surface area contributed by atoms with Crippen LogP contribution in [0.2, 0.25) is 0 Å². The summed E-state index contributed by atoms with van der Waals surface area (Å²) in [6.45, 7) is 10.1. The third kappa shape index (κ3) is 4.86. The number of aldehydes is 1. The van der Waals surface area contributed by atoms with Crippen molar-refractivity contribution in [2.45, 2.75) is 59.2 Å². The third-order valence-corrected chi connectivity index (χ3v) is 3.14. The van der Waals surface area contributed by atoms with Crippen molar-refractivity contribution in [3.63, 3.8) is 0 Å². The van der Waals surface area contributed by atoms with Gasteiger partial charge in [0, 0.05) is 19.1 Å². The molecule has 4 heteroatoms. The summed E-state index contributed by atoms with van der Waals surface area (Å²) in [6.07, 6.45) is 1.30. The molecule has 0 bridgehead atoms. The van der Waals surface area contributed by atoms with Gasteiger partial charge in [0.05, 0.1) is 0 Å². The molecule has 0 aromatic rings. The van der Waals surface area contributed by atoms with Crippen LogP contribution in [0.15, 0.2) is 0 Å². The van der Waals surface area contributed by atoms with Gasteiger partial charge in [-0.25, -0.2) is 0 Å². The largest absolute Gasteiger partial charge is 0.371 e. The summed E-state index contributed by atoms with van der Waals surface area (Å²) in [7, 11) is 0. The smallest absolute Gasteiger partial charge is 0.192 e. The molecule has 0 fully saturated rings. The maximum atomic E-state index is 12.5. The quantitative estimate of drug-likeness (QED) is 0.565. The van der Waals surface area contributed by atoms with Crippen LogP contribution in [0.1, 0.15) is 47.5 Å².